The van der Waals surface area contributed by atoms with Gasteiger partial charge in [-0.2, -0.15) is 13.2 Å². The number of allylic oxidation sites excluding steroid dienone is 1. The molecule has 0 aliphatic carbocycles. The van der Waals surface area contributed by atoms with Gasteiger partial charge in [-0.3, -0.25) is 4.90 Å². The summed E-state index contributed by atoms with van der Waals surface area (Å²) in [5, 5.41) is 0. The number of halogens is 3. The van der Waals surface area contributed by atoms with Crippen molar-refractivity contribution in [3.63, 3.8) is 0 Å². The largest absolute Gasteiger partial charge is 0.467 e. The first-order valence-corrected chi connectivity index (χ1v) is 8.99. The highest BCUT2D eigenvalue weighted by Crippen LogP contribution is 2.38. The minimum Gasteiger partial charge on any atom is -0.467 e. The lowest BCUT2D eigenvalue weighted by atomic mass is 9.92. The maximum Gasteiger partial charge on any atom is 0.416 e. The van der Waals surface area contributed by atoms with Crippen LogP contribution in [0.4, 0.5) is 13.2 Å². The van der Waals surface area contributed by atoms with Crippen molar-refractivity contribution in [2.75, 3.05) is 6.54 Å². The molecule has 2 aromatic rings. The van der Waals surface area contributed by atoms with E-state index in [2.05, 4.69) is 23.3 Å². The molecule has 1 aliphatic rings. The second-order valence-corrected chi connectivity index (χ2v) is 6.84. The number of hydrogen-bond donors (Lipinski definition) is 0. The molecule has 2 atom stereocenters. The van der Waals surface area contributed by atoms with Crippen molar-refractivity contribution in [3.8, 4) is 11.8 Å². The van der Waals surface area contributed by atoms with Crippen molar-refractivity contribution in [3.05, 3.63) is 71.7 Å². The molecule has 2 heterocycles. The Balaban J connectivity index is 1.94. The van der Waals surface area contributed by atoms with E-state index in [1.54, 1.807) is 18.4 Å². The van der Waals surface area contributed by atoms with Crippen molar-refractivity contribution in [2.24, 2.45) is 0 Å². The van der Waals surface area contributed by atoms with E-state index in [1.807, 2.05) is 19.1 Å². The van der Waals surface area contributed by atoms with Crippen molar-refractivity contribution < 1.29 is 17.6 Å². The Labute approximate surface area is 157 Å². The number of alkyl halides is 3. The number of furan rings is 1. The maximum absolute atomic E-state index is 12.9. The highest BCUT2D eigenvalue weighted by atomic mass is 19.4. The number of hydrogen-bond acceptors (Lipinski definition) is 2. The molecule has 0 N–H and O–H groups in total. The fourth-order valence-corrected chi connectivity index (χ4v) is 3.47. The summed E-state index contributed by atoms with van der Waals surface area (Å²) in [6.07, 6.45) is 0.206. The number of rotatable bonds is 3. The predicted molar refractivity (Wildman–Crippen MR) is 98.8 cm³/mol. The summed E-state index contributed by atoms with van der Waals surface area (Å²) in [4.78, 5) is 2.22. The van der Waals surface area contributed by atoms with Crippen molar-refractivity contribution in [1.82, 2.24) is 4.90 Å². The molecule has 1 aliphatic heterocycles. The Morgan fingerprint density at radius 1 is 1.22 bits per heavy atom. The molecular weight excluding hydrogens is 351 g/mol. The van der Waals surface area contributed by atoms with Gasteiger partial charge in [0, 0.05) is 12.6 Å². The van der Waals surface area contributed by atoms with Crippen molar-refractivity contribution >= 4 is 0 Å². The quantitative estimate of drug-likeness (QED) is 0.600. The van der Waals surface area contributed by atoms with Crippen LogP contribution < -0.4 is 0 Å². The van der Waals surface area contributed by atoms with Gasteiger partial charge in [0.05, 0.1) is 11.8 Å². The summed E-state index contributed by atoms with van der Waals surface area (Å²) in [6, 6.07) is 8.92. The van der Waals surface area contributed by atoms with Crippen LogP contribution in [0.5, 0.6) is 0 Å². The van der Waals surface area contributed by atoms with Gasteiger partial charge in [0.2, 0.25) is 0 Å². The smallest absolute Gasteiger partial charge is 0.416 e. The summed E-state index contributed by atoms with van der Waals surface area (Å²) in [6.45, 7) is 6.48. The first-order chi connectivity index (χ1) is 12.9. The van der Waals surface area contributed by atoms with Crippen LogP contribution in [0, 0.1) is 11.8 Å². The van der Waals surface area contributed by atoms with E-state index in [0.29, 0.717) is 0 Å². The molecule has 142 valence electrons. The Bertz CT molecular complexity index is 825. The average molecular weight is 373 g/mol. The third-order valence-electron chi connectivity index (χ3n) is 4.73. The second-order valence-electron chi connectivity index (χ2n) is 6.84. The molecular formula is C22H22F3NO. The van der Waals surface area contributed by atoms with E-state index in [4.69, 9.17) is 4.42 Å². The number of nitrogens with zero attached hydrogens (tertiary/aromatic N) is 1. The Kier molecular flexibility index (Phi) is 5.76. The highest BCUT2D eigenvalue weighted by Gasteiger charge is 2.33. The van der Waals surface area contributed by atoms with Crippen LogP contribution in [0.1, 0.15) is 55.2 Å². The van der Waals surface area contributed by atoms with Crippen LogP contribution in [-0.2, 0) is 6.18 Å². The number of piperidine rings is 1. The zero-order chi connectivity index (χ0) is 19.4. The van der Waals surface area contributed by atoms with Gasteiger partial charge < -0.3 is 4.42 Å². The molecule has 3 rings (SSSR count). The molecule has 0 unspecified atom stereocenters. The minimum absolute atomic E-state index is 0.00412. The van der Waals surface area contributed by atoms with E-state index >= 15 is 0 Å². The molecule has 0 amide bonds. The fraction of sp³-hybridized carbons (Fsp3) is 0.364. The zero-order valence-electron chi connectivity index (χ0n) is 15.2. The summed E-state index contributed by atoms with van der Waals surface area (Å²) in [5.74, 6) is 7.01. The lowest BCUT2D eigenvalue weighted by Crippen LogP contribution is -2.36. The van der Waals surface area contributed by atoms with Crippen molar-refractivity contribution in [1.29, 1.82) is 0 Å². The molecule has 27 heavy (non-hydrogen) atoms. The molecule has 1 aromatic heterocycles. The van der Waals surface area contributed by atoms with Gasteiger partial charge >= 0.3 is 6.18 Å². The fourth-order valence-electron chi connectivity index (χ4n) is 3.47. The monoisotopic (exact) mass is 373 g/mol. The van der Waals surface area contributed by atoms with Gasteiger partial charge in [0.1, 0.15) is 11.8 Å². The summed E-state index contributed by atoms with van der Waals surface area (Å²) in [5.41, 5.74) is 1.00. The molecule has 0 saturated carbocycles. The van der Waals surface area contributed by atoms with Crippen molar-refractivity contribution in [2.45, 2.75) is 44.4 Å². The molecule has 1 aromatic carbocycles. The normalized spacial score (nSPS) is 19.2. The number of benzene rings is 1. The van der Waals surface area contributed by atoms with Crippen LogP contribution >= 0.6 is 0 Å². The lowest BCUT2D eigenvalue weighted by molar-refractivity contribution is -0.137. The lowest BCUT2D eigenvalue weighted by Gasteiger charge is -2.39. The predicted octanol–water partition coefficient (Wildman–Crippen LogP) is 6.15. The topological polar surface area (TPSA) is 16.4 Å². The Morgan fingerprint density at radius 3 is 2.56 bits per heavy atom. The van der Waals surface area contributed by atoms with Crippen LogP contribution in [0.3, 0.4) is 0 Å². The third-order valence-corrected chi connectivity index (χ3v) is 4.73. The van der Waals surface area contributed by atoms with Gasteiger partial charge in [0.15, 0.2) is 0 Å². The van der Waals surface area contributed by atoms with Gasteiger partial charge in [0.25, 0.3) is 0 Å². The molecule has 2 nitrogen and oxygen atoms in total. The van der Waals surface area contributed by atoms with Gasteiger partial charge in [-0.25, -0.2) is 0 Å². The van der Waals surface area contributed by atoms with Crippen LogP contribution in [0.2, 0.25) is 0 Å². The standard InChI is InChI=1S/C22H22F3NO/c1-16(2)8-13-20(21-7-5-15-27-21)26-14-4-3-6-19(26)17-9-11-18(12-10-17)22(23,24)25/h5,7,9-12,15,19-20H,1,3-4,6,14H2,2H3/t19-,20+/m0/s1. The summed E-state index contributed by atoms with van der Waals surface area (Å²) in [7, 11) is 0. The molecule has 5 heteroatoms. The first-order valence-electron chi connectivity index (χ1n) is 8.99. The molecule has 0 spiro atoms. The third kappa shape index (κ3) is 4.64. The van der Waals surface area contributed by atoms with E-state index in [9.17, 15) is 13.2 Å². The summed E-state index contributed by atoms with van der Waals surface area (Å²) >= 11 is 0. The average Bonchev–Trinajstić information content (AvgIpc) is 3.16. The van der Waals surface area contributed by atoms with Crippen LogP contribution in [0.15, 0.2) is 59.2 Å². The SMILES string of the molecule is C=C(C)C#C[C@H](c1ccco1)N1CCCC[C@H]1c1ccc(C(F)(F)F)cc1. The van der Waals surface area contributed by atoms with E-state index in [1.165, 1.54) is 0 Å². The van der Waals surface area contributed by atoms with E-state index in [-0.39, 0.29) is 12.1 Å². The second kappa shape index (κ2) is 8.06. The molecule has 1 fully saturated rings. The van der Waals surface area contributed by atoms with Gasteiger partial charge in [-0.1, -0.05) is 37.0 Å². The van der Waals surface area contributed by atoms with Gasteiger partial charge in [-0.05, 0) is 55.2 Å². The first kappa shape index (κ1) is 19.3. The maximum atomic E-state index is 12.9. The highest BCUT2D eigenvalue weighted by molar-refractivity contribution is 5.31. The van der Waals surface area contributed by atoms with Gasteiger partial charge in [-0.15, -0.1) is 0 Å². The number of likely N-dealkylation sites (tertiary alicyclic amines) is 1. The van der Waals surface area contributed by atoms with Crippen LogP contribution in [0.25, 0.3) is 0 Å². The Hall–Kier alpha value is -2.45. The molecule has 0 radical (unpaired) electrons. The van der Waals surface area contributed by atoms with E-state index < -0.39 is 11.7 Å². The van der Waals surface area contributed by atoms with E-state index in [0.717, 1.165) is 54.8 Å². The Morgan fingerprint density at radius 2 is 1.96 bits per heavy atom. The molecule has 1 saturated heterocycles. The zero-order valence-corrected chi connectivity index (χ0v) is 15.2. The molecule has 0 bridgehead atoms. The van der Waals surface area contributed by atoms with Crippen LogP contribution in [-0.4, -0.2) is 11.4 Å². The minimum atomic E-state index is -4.32. The summed E-state index contributed by atoms with van der Waals surface area (Å²) < 4.78 is 44.2.